The number of carboxylic acid groups (broad SMARTS) is 1. The summed E-state index contributed by atoms with van der Waals surface area (Å²) in [7, 11) is 1.21. The van der Waals surface area contributed by atoms with Gasteiger partial charge in [-0.05, 0) is 12.1 Å². The Hall–Kier alpha value is -2.90. The highest BCUT2D eigenvalue weighted by Crippen LogP contribution is 2.20. The maximum Gasteiger partial charge on any atom is 0.377 e. The van der Waals surface area contributed by atoms with Gasteiger partial charge in [0.15, 0.2) is 0 Å². The number of ether oxygens (including phenoxy) is 1. The Bertz CT molecular complexity index is 650. The highest BCUT2D eigenvalue weighted by Gasteiger charge is 2.16. The maximum atomic E-state index is 11.2. The monoisotopic (exact) mass is 262 g/mol. The summed E-state index contributed by atoms with van der Waals surface area (Å²) < 4.78 is 5.69. The standard InChI is InChI=1S/C11H10N4O4/c1-19-11(18)9-13-5-15(14-9)7-4-2-3-6(8(7)12)10(16)17/h2-5H,12H2,1H3,(H,16,17). The predicted molar refractivity (Wildman–Crippen MR) is 64.1 cm³/mol. The highest BCUT2D eigenvalue weighted by atomic mass is 16.5. The van der Waals surface area contributed by atoms with Crippen molar-refractivity contribution in [2.45, 2.75) is 0 Å². The molecule has 19 heavy (non-hydrogen) atoms. The Balaban J connectivity index is 2.48. The molecule has 0 bridgehead atoms. The van der Waals surface area contributed by atoms with Gasteiger partial charge in [-0.3, -0.25) is 0 Å². The summed E-state index contributed by atoms with van der Waals surface area (Å²) in [4.78, 5) is 26.0. The van der Waals surface area contributed by atoms with Crippen LogP contribution in [0, 0.1) is 0 Å². The molecule has 0 fully saturated rings. The van der Waals surface area contributed by atoms with Gasteiger partial charge in [0, 0.05) is 0 Å². The molecule has 1 aromatic heterocycles. The van der Waals surface area contributed by atoms with Gasteiger partial charge in [-0.25, -0.2) is 19.3 Å². The number of carboxylic acids is 1. The van der Waals surface area contributed by atoms with Crippen molar-refractivity contribution in [3.8, 4) is 5.69 Å². The first-order valence-electron chi connectivity index (χ1n) is 5.16. The van der Waals surface area contributed by atoms with Gasteiger partial charge in [-0.2, -0.15) is 0 Å². The molecule has 0 spiro atoms. The van der Waals surface area contributed by atoms with Crippen molar-refractivity contribution < 1.29 is 19.4 Å². The molecule has 2 rings (SSSR count). The van der Waals surface area contributed by atoms with Crippen LogP contribution in [-0.4, -0.2) is 38.9 Å². The van der Waals surface area contributed by atoms with E-state index in [1.807, 2.05) is 0 Å². The van der Waals surface area contributed by atoms with E-state index in [4.69, 9.17) is 10.8 Å². The van der Waals surface area contributed by atoms with Crippen LogP contribution in [0.4, 0.5) is 5.69 Å². The number of rotatable bonds is 3. The van der Waals surface area contributed by atoms with E-state index in [1.54, 1.807) is 6.07 Å². The second-order valence-corrected chi connectivity index (χ2v) is 3.55. The molecule has 98 valence electrons. The number of nitrogen functional groups attached to an aromatic ring is 1. The number of carbonyl (C=O) groups excluding carboxylic acids is 1. The summed E-state index contributed by atoms with van der Waals surface area (Å²) in [6.07, 6.45) is 1.25. The van der Waals surface area contributed by atoms with E-state index in [2.05, 4.69) is 14.8 Å². The average Bonchev–Trinajstić information content (AvgIpc) is 2.87. The molecular weight excluding hydrogens is 252 g/mol. The Labute approximate surface area is 107 Å². The molecule has 0 aliphatic heterocycles. The Morgan fingerprint density at radius 3 is 2.79 bits per heavy atom. The molecule has 0 amide bonds. The zero-order chi connectivity index (χ0) is 14.0. The first-order chi connectivity index (χ1) is 9.04. The molecule has 0 aliphatic rings. The van der Waals surface area contributed by atoms with Gasteiger partial charge in [0.1, 0.15) is 6.33 Å². The molecule has 3 N–H and O–H groups in total. The molecule has 8 nitrogen and oxygen atoms in total. The minimum atomic E-state index is -1.15. The summed E-state index contributed by atoms with van der Waals surface area (Å²) in [5.41, 5.74) is 6.06. The lowest BCUT2D eigenvalue weighted by atomic mass is 10.1. The highest BCUT2D eigenvalue weighted by molar-refractivity contribution is 5.95. The van der Waals surface area contributed by atoms with Crippen molar-refractivity contribution in [1.82, 2.24) is 14.8 Å². The zero-order valence-electron chi connectivity index (χ0n) is 9.90. The van der Waals surface area contributed by atoms with Crippen LogP contribution >= 0.6 is 0 Å². The lowest BCUT2D eigenvalue weighted by Crippen LogP contribution is -2.09. The minimum Gasteiger partial charge on any atom is -0.478 e. The number of hydrogen-bond acceptors (Lipinski definition) is 6. The number of aromatic carboxylic acids is 1. The first-order valence-corrected chi connectivity index (χ1v) is 5.16. The summed E-state index contributed by atoms with van der Waals surface area (Å²) in [6.45, 7) is 0. The summed E-state index contributed by atoms with van der Waals surface area (Å²) in [5, 5.41) is 12.8. The van der Waals surface area contributed by atoms with Crippen molar-refractivity contribution >= 4 is 17.6 Å². The smallest absolute Gasteiger partial charge is 0.377 e. The van der Waals surface area contributed by atoms with Crippen LogP contribution in [0.15, 0.2) is 24.5 Å². The molecule has 0 radical (unpaired) electrons. The molecule has 0 atom stereocenters. The molecule has 0 aliphatic carbocycles. The lowest BCUT2D eigenvalue weighted by molar-refractivity contribution is 0.0586. The van der Waals surface area contributed by atoms with E-state index in [-0.39, 0.29) is 17.1 Å². The van der Waals surface area contributed by atoms with Gasteiger partial charge in [-0.15, -0.1) is 5.10 Å². The van der Waals surface area contributed by atoms with E-state index in [0.29, 0.717) is 5.69 Å². The predicted octanol–water partition coefficient (Wildman–Crippen LogP) is 0.334. The number of anilines is 1. The number of aromatic nitrogens is 3. The topological polar surface area (TPSA) is 120 Å². The lowest BCUT2D eigenvalue weighted by Gasteiger charge is -2.07. The number of nitrogens with zero attached hydrogens (tertiary/aromatic N) is 3. The molecular formula is C11H10N4O4. The summed E-state index contributed by atoms with van der Waals surface area (Å²) >= 11 is 0. The van der Waals surface area contributed by atoms with Gasteiger partial charge in [-0.1, -0.05) is 6.07 Å². The maximum absolute atomic E-state index is 11.2. The molecule has 1 aromatic carbocycles. The van der Waals surface area contributed by atoms with E-state index >= 15 is 0 Å². The average molecular weight is 262 g/mol. The third kappa shape index (κ3) is 2.23. The van der Waals surface area contributed by atoms with Crippen LogP contribution in [0.2, 0.25) is 0 Å². The Kier molecular flexibility index (Phi) is 3.15. The van der Waals surface area contributed by atoms with Gasteiger partial charge >= 0.3 is 11.9 Å². The van der Waals surface area contributed by atoms with E-state index in [9.17, 15) is 9.59 Å². The SMILES string of the molecule is COC(=O)c1ncn(-c2cccc(C(=O)O)c2N)n1. The number of benzene rings is 1. The number of esters is 1. The number of nitrogens with two attached hydrogens (primary N) is 1. The minimum absolute atomic E-state index is 0.0383. The van der Waals surface area contributed by atoms with Gasteiger partial charge in [0.25, 0.3) is 5.82 Å². The Morgan fingerprint density at radius 1 is 1.42 bits per heavy atom. The second kappa shape index (κ2) is 4.77. The molecule has 0 unspecified atom stereocenters. The van der Waals surface area contributed by atoms with Crippen molar-refractivity contribution in [3.63, 3.8) is 0 Å². The van der Waals surface area contributed by atoms with E-state index in [0.717, 1.165) is 0 Å². The summed E-state index contributed by atoms with van der Waals surface area (Å²) in [5.74, 6) is -1.97. The fourth-order valence-corrected chi connectivity index (χ4v) is 1.50. The number of methoxy groups -OCH3 is 1. The fourth-order valence-electron chi connectivity index (χ4n) is 1.50. The summed E-state index contributed by atoms with van der Waals surface area (Å²) in [6, 6.07) is 4.46. The Morgan fingerprint density at radius 2 is 2.16 bits per heavy atom. The molecule has 8 heteroatoms. The third-order valence-corrected chi connectivity index (χ3v) is 2.42. The van der Waals surface area contributed by atoms with Crippen molar-refractivity contribution in [2.75, 3.05) is 12.8 Å². The normalized spacial score (nSPS) is 10.2. The first kappa shape index (κ1) is 12.6. The second-order valence-electron chi connectivity index (χ2n) is 3.55. The van der Waals surface area contributed by atoms with Crippen LogP contribution in [0.3, 0.4) is 0 Å². The van der Waals surface area contributed by atoms with Gasteiger partial charge in [0.2, 0.25) is 0 Å². The molecule has 2 aromatic rings. The number of carbonyl (C=O) groups is 2. The van der Waals surface area contributed by atoms with Crippen LogP contribution < -0.4 is 5.73 Å². The van der Waals surface area contributed by atoms with Crippen LogP contribution in [0.5, 0.6) is 0 Å². The molecule has 0 saturated carbocycles. The number of para-hydroxylation sites is 1. The van der Waals surface area contributed by atoms with Gasteiger partial charge < -0.3 is 15.6 Å². The quantitative estimate of drug-likeness (QED) is 0.604. The van der Waals surface area contributed by atoms with E-state index < -0.39 is 11.9 Å². The third-order valence-electron chi connectivity index (χ3n) is 2.42. The number of hydrogen-bond donors (Lipinski definition) is 2. The zero-order valence-corrected chi connectivity index (χ0v) is 9.90. The molecule has 0 saturated heterocycles. The van der Waals surface area contributed by atoms with Crippen molar-refractivity contribution in [3.05, 3.63) is 35.9 Å². The van der Waals surface area contributed by atoms with Gasteiger partial charge in [0.05, 0.1) is 24.0 Å². The largest absolute Gasteiger partial charge is 0.478 e. The van der Waals surface area contributed by atoms with Crippen LogP contribution in [0.1, 0.15) is 21.0 Å². The van der Waals surface area contributed by atoms with Crippen molar-refractivity contribution in [2.24, 2.45) is 0 Å². The van der Waals surface area contributed by atoms with Crippen LogP contribution in [0.25, 0.3) is 5.69 Å². The fraction of sp³-hybridized carbons (Fsp3) is 0.0909. The van der Waals surface area contributed by atoms with Crippen LogP contribution in [-0.2, 0) is 4.74 Å². The van der Waals surface area contributed by atoms with E-state index in [1.165, 1.54) is 30.3 Å². The molecule has 1 heterocycles. The van der Waals surface area contributed by atoms with Crippen molar-refractivity contribution in [1.29, 1.82) is 0 Å².